The van der Waals surface area contributed by atoms with Gasteiger partial charge in [0.15, 0.2) is 0 Å². The Balaban J connectivity index is 2.09. The maximum absolute atomic E-state index is 12.4. The molecular weight excluding hydrogens is 384 g/mol. The maximum Gasteiger partial charge on any atom is 0.263 e. The number of anilines is 1. The number of nitrogens with zero attached hydrogens (tertiary/aromatic N) is 2. The Morgan fingerprint density at radius 2 is 2.11 bits per heavy atom. The molecule has 0 saturated heterocycles. The summed E-state index contributed by atoms with van der Waals surface area (Å²) >= 11 is 5.71. The minimum Gasteiger partial charge on any atom is -0.378 e. The van der Waals surface area contributed by atoms with Gasteiger partial charge < -0.3 is 5.32 Å². The SMILES string of the molecule is C=C(C=N/C=C(\C)Cl)NC(C)c1cccc(NS(=O)(=O)c2cccnc2)c1. The highest BCUT2D eigenvalue weighted by molar-refractivity contribution is 7.92. The zero-order valence-corrected chi connectivity index (χ0v) is 16.6. The third-order valence-corrected chi connectivity index (χ3v) is 4.93. The monoisotopic (exact) mass is 404 g/mol. The van der Waals surface area contributed by atoms with Gasteiger partial charge in [0.2, 0.25) is 0 Å². The molecule has 1 aromatic heterocycles. The van der Waals surface area contributed by atoms with E-state index in [1.807, 2.05) is 13.0 Å². The Labute approximate surface area is 164 Å². The zero-order chi connectivity index (χ0) is 19.9. The quantitative estimate of drug-likeness (QED) is 0.645. The van der Waals surface area contributed by atoms with Crippen LogP contribution in [0.25, 0.3) is 0 Å². The zero-order valence-electron chi connectivity index (χ0n) is 15.1. The lowest BCUT2D eigenvalue weighted by Gasteiger charge is -2.17. The van der Waals surface area contributed by atoms with Crippen molar-refractivity contribution < 1.29 is 8.42 Å². The summed E-state index contributed by atoms with van der Waals surface area (Å²) in [6.45, 7) is 7.56. The largest absolute Gasteiger partial charge is 0.378 e. The van der Waals surface area contributed by atoms with E-state index in [1.54, 1.807) is 37.4 Å². The van der Waals surface area contributed by atoms with Gasteiger partial charge in [-0.3, -0.25) is 14.7 Å². The molecule has 27 heavy (non-hydrogen) atoms. The van der Waals surface area contributed by atoms with Crippen molar-refractivity contribution in [1.29, 1.82) is 0 Å². The van der Waals surface area contributed by atoms with Crippen molar-refractivity contribution in [2.24, 2.45) is 4.99 Å². The first-order valence-electron chi connectivity index (χ1n) is 8.11. The maximum atomic E-state index is 12.4. The number of aromatic nitrogens is 1. The molecular formula is C19H21ClN4O2S. The molecule has 1 aromatic carbocycles. The molecule has 0 aliphatic carbocycles. The van der Waals surface area contributed by atoms with E-state index in [2.05, 4.69) is 26.6 Å². The molecule has 1 heterocycles. The minimum atomic E-state index is -3.69. The molecule has 0 bridgehead atoms. The summed E-state index contributed by atoms with van der Waals surface area (Å²) in [7, 11) is -3.69. The molecule has 0 radical (unpaired) electrons. The molecule has 142 valence electrons. The van der Waals surface area contributed by atoms with Crippen LogP contribution in [-0.2, 0) is 10.0 Å². The number of nitrogens with one attached hydrogen (secondary N) is 2. The number of halogens is 1. The van der Waals surface area contributed by atoms with Crippen molar-refractivity contribution in [1.82, 2.24) is 10.3 Å². The fourth-order valence-corrected chi connectivity index (χ4v) is 3.29. The third kappa shape index (κ3) is 6.54. The highest BCUT2D eigenvalue weighted by Crippen LogP contribution is 2.20. The van der Waals surface area contributed by atoms with E-state index in [0.717, 1.165) is 5.56 Å². The van der Waals surface area contributed by atoms with E-state index < -0.39 is 10.0 Å². The van der Waals surface area contributed by atoms with Crippen molar-refractivity contribution >= 4 is 33.5 Å². The fourth-order valence-electron chi connectivity index (χ4n) is 2.22. The van der Waals surface area contributed by atoms with Gasteiger partial charge in [0.25, 0.3) is 10.0 Å². The van der Waals surface area contributed by atoms with Gasteiger partial charge in [0.05, 0.1) is 0 Å². The van der Waals surface area contributed by atoms with Crippen molar-refractivity contribution in [3.05, 3.63) is 77.9 Å². The number of sulfonamides is 1. The second-order valence-electron chi connectivity index (χ2n) is 5.80. The summed E-state index contributed by atoms with van der Waals surface area (Å²) in [5, 5.41) is 3.76. The lowest BCUT2D eigenvalue weighted by molar-refractivity contribution is 0.600. The predicted octanol–water partition coefficient (Wildman–Crippen LogP) is 4.22. The molecule has 2 N–H and O–H groups in total. The lowest BCUT2D eigenvalue weighted by atomic mass is 10.1. The smallest absolute Gasteiger partial charge is 0.263 e. The molecule has 8 heteroatoms. The Morgan fingerprint density at radius 1 is 1.33 bits per heavy atom. The van der Waals surface area contributed by atoms with E-state index in [4.69, 9.17) is 11.6 Å². The highest BCUT2D eigenvalue weighted by atomic mass is 35.5. The van der Waals surface area contributed by atoms with Crippen molar-refractivity contribution in [3.63, 3.8) is 0 Å². The number of hydrogen-bond acceptors (Lipinski definition) is 5. The Kier molecular flexibility index (Phi) is 7.15. The van der Waals surface area contributed by atoms with Crippen molar-refractivity contribution in [3.8, 4) is 0 Å². The molecule has 0 spiro atoms. The van der Waals surface area contributed by atoms with E-state index >= 15 is 0 Å². The van der Waals surface area contributed by atoms with Crippen LogP contribution in [0.15, 0.2) is 82.2 Å². The third-order valence-electron chi connectivity index (χ3n) is 3.47. The number of aliphatic imine (C=N–C) groups is 1. The van der Waals surface area contributed by atoms with Crippen molar-refractivity contribution in [2.45, 2.75) is 24.8 Å². The van der Waals surface area contributed by atoms with Gasteiger partial charge in [-0.05, 0) is 43.7 Å². The van der Waals surface area contributed by atoms with E-state index in [9.17, 15) is 8.42 Å². The summed E-state index contributed by atoms with van der Waals surface area (Å²) in [5.74, 6) is 0. The van der Waals surface area contributed by atoms with Crippen LogP contribution in [0.5, 0.6) is 0 Å². The second kappa shape index (κ2) is 9.34. The van der Waals surface area contributed by atoms with Crippen LogP contribution < -0.4 is 10.0 Å². The van der Waals surface area contributed by atoms with Gasteiger partial charge in [-0.15, -0.1) is 0 Å². The molecule has 2 aromatic rings. The average Bonchev–Trinajstić information content (AvgIpc) is 2.62. The Hall–Kier alpha value is -2.64. The lowest BCUT2D eigenvalue weighted by Crippen LogP contribution is -2.18. The van der Waals surface area contributed by atoms with Crippen LogP contribution in [0.3, 0.4) is 0 Å². The molecule has 0 aliphatic heterocycles. The fraction of sp³-hybridized carbons (Fsp3) is 0.158. The number of allylic oxidation sites excluding steroid dienone is 2. The van der Waals surface area contributed by atoms with Gasteiger partial charge in [-0.2, -0.15) is 0 Å². The summed E-state index contributed by atoms with van der Waals surface area (Å²) < 4.78 is 27.4. The van der Waals surface area contributed by atoms with Gasteiger partial charge >= 0.3 is 0 Å². The second-order valence-corrected chi connectivity index (χ2v) is 8.08. The van der Waals surface area contributed by atoms with Crippen LogP contribution in [-0.4, -0.2) is 19.6 Å². The first-order chi connectivity index (χ1) is 12.8. The number of benzene rings is 1. The number of rotatable bonds is 8. The number of pyridine rings is 1. The average molecular weight is 405 g/mol. The van der Waals surface area contributed by atoms with E-state index in [0.29, 0.717) is 16.4 Å². The molecule has 2 rings (SSSR count). The van der Waals surface area contributed by atoms with Gasteiger partial charge in [0.1, 0.15) is 4.90 Å². The normalized spacial score (nSPS) is 13.4. The van der Waals surface area contributed by atoms with Crippen molar-refractivity contribution in [2.75, 3.05) is 4.72 Å². The van der Waals surface area contributed by atoms with Crippen LogP contribution in [0.2, 0.25) is 0 Å². The Bertz CT molecular complexity index is 953. The summed E-state index contributed by atoms with van der Waals surface area (Å²) in [6.07, 6.45) is 5.91. The van der Waals surface area contributed by atoms with E-state index in [1.165, 1.54) is 24.7 Å². The molecule has 1 atom stereocenters. The van der Waals surface area contributed by atoms with Crippen LogP contribution >= 0.6 is 11.6 Å². The molecule has 6 nitrogen and oxygen atoms in total. The first-order valence-corrected chi connectivity index (χ1v) is 9.98. The standard InChI is InChI=1S/C19H21ClN4O2S/c1-14(20)11-22-12-15(2)23-16(3)17-6-4-7-18(10-17)24-27(25,26)19-8-5-9-21-13-19/h4-13,16,23-24H,2H2,1,3H3/b14-11+,22-12?. The predicted molar refractivity (Wildman–Crippen MR) is 110 cm³/mol. The van der Waals surface area contributed by atoms with Crippen LogP contribution in [0.1, 0.15) is 25.5 Å². The van der Waals surface area contributed by atoms with Gasteiger partial charge in [-0.25, -0.2) is 8.42 Å². The molecule has 0 aliphatic rings. The van der Waals surface area contributed by atoms with Crippen LogP contribution in [0.4, 0.5) is 5.69 Å². The summed E-state index contributed by atoms with van der Waals surface area (Å²) in [4.78, 5) is 7.99. The van der Waals surface area contributed by atoms with Crippen LogP contribution in [0, 0.1) is 0 Å². The number of hydrogen-bond donors (Lipinski definition) is 2. The highest BCUT2D eigenvalue weighted by Gasteiger charge is 2.15. The Morgan fingerprint density at radius 3 is 2.78 bits per heavy atom. The first kappa shape index (κ1) is 20.7. The van der Waals surface area contributed by atoms with Gasteiger partial charge in [0, 0.05) is 47.3 Å². The molecule has 0 amide bonds. The summed E-state index contributed by atoms with van der Waals surface area (Å²) in [5.41, 5.74) is 1.96. The van der Waals surface area contributed by atoms with E-state index in [-0.39, 0.29) is 10.9 Å². The molecule has 1 unspecified atom stereocenters. The minimum absolute atomic E-state index is 0.104. The van der Waals surface area contributed by atoms with Gasteiger partial charge in [-0.1, -0.05) is 30.3 Å². The molecule has 0 saturated carbocycles. The summed E-state index contributed by atoms with van der Waals surface area (Å²) in [6, 6.07) is 10.1. The topological polar surface area (TPSA) is 83.5 Å². The molecule has 0 fully saturated rings.